The van der Waals surface area contributed by atoms with Crippen LogP contribution in [0.4, 0.5) is 0 Å². The highest BCUT2D eigenvalue weighted by molar-refractivity contribution is 5.79. The van der Waals surface area contributed by atoms with Crippen LogP contribution >= 0.6 is 0 Å². The molecule has 0 radical (unpaired) electrons. The second-order valence-corrected chi connectivity index (χ2v) is 5.27. The van der Waals surface area contributed by atoms with Crippen molar-refractivity contribution < 1.29 is 9.90 Å². The molecule has 0 bridgehead atoms. The van der Waals surface area contributed by atoms with Crippen LogP contribution in [0.1, 0.15) is 56.2 Å². The zero-order chi connectivity index (χ0) is 13.2. The Morgan fingerprint density at radius 3 is 2.39 bits per heavy atom. The number of Topliss-reactive ketones (excluding diaryl/α,β-unsaturated/α-hetero) is 1. The maximum Gasteiger partial charge on any atom is 0.133 e. The molecule has 0 saturated heterocycles. The molecule has 2 nitrogen and oxygen atoms in total. The van der Waals surface area contributed by atoms with E-state index in [0.717, 1.165) is 18.4 Å². The molecule has 0 unspecified atom stereocenters. The predicted molar refractivity (Wildman–Crippen MR) is 72.6 cm³/mol. The van der Waals surface area contributed by atoms with Gasteiger partial charge in [0.2, 0.25) is 0 Å². The fourth-order valence-corrected chi connectivity index (χ4v) is 2.83. The average molecular weight is 246 g/mol. The lowest BCUT2D eigenvalue weighted by Crippen LogP contribution is -2.32. The van der Waals surface area contributed by atoms with E-state index in [9.17, 15) is 9.90 Å². The van der Waals surface area contributed by atoms with Crippen LogP contribution in [-0.4, -0.2) is 10.9 Å². The first-order chi connectivity index (χ1) is 8.59. The van der Waals surface area contributed by atoms with Gasteiger partial charge < -0.3 is 5.11 Å². The fourth-order valence-electron chi connectivity index (χ4n) is 2.83. The molecule has 1 N–H and O–H groups in total. The summed E-state index contributed by atoms with van der Waals surface area (Å²) in [5.41, 5.74) is 2.79. The van der Waals surface area contributed by atoms with Crippen LogP contribution in [0.2, 0.25) is 0 Å². The van der Waals surface area contributed by atoms with Crippen LogP contribution in [0.15, 0.2) is 18.2 Å². The van der Waals surface area contributed by atoms with Crippen LogP contribution in [0, 0.1) is 0 Å². The highest BCUT2D eigenvalue weighted by atomic mass is 16.3. The summed E-state index contributed by atoms with van der Waals surface area (Å²) in [6.07, 6.45) is 4.11. The predicted octanol–water partition coefficient (Wildman–Crippen LogP) is 3.14. The van der Waals surface area contributed by atoms with Crippen molar-refractivity contribution in [1.29, 1.82) is 0 Å². The van der Waals surface area contributed by atoms with E-state index in [-0.39, 0.29) is 5.78 Å². The van der Waals surface area contributed by atoms with Crippen molar-refractivity contribution in [2.24, 2.45) is 0 Å². The zero-order valence-electron chi connectivity index (χ0n) is 11.3. The maximum absolute atomic E-state index is 11.3. The molecule has 0 spiro atoms. The SMILES string of the molecule is CCc1ccc(C2(O)CCC(=O)CC2)c(CC)c1. The molecule has 1 aliphatic carbocycles. The lowest BCUT2D eigenvalue weighted by atomic mass is 9.76. The van der Waals surface area contributed by atoms with Gasteiger partial charge in [0.15, 0.2) is 0 Å². The van der Waals surface area contributed by atoms with Crippen LogP contribution in [0.3, 0.4) is 0 Å². The number of aliphatic hydroxyl groups is 1. The Labute approximate surface area is 109 Å². The Hall–Kier alpha value is -1.15. The number of carbonyl (C=O) groups is 1. The largest absolute Gasteiger partial charge is 0.385 e. The Kier molecular flexibility index (Phi) is 3.86. The molecule has 98 valence electrons. The molecular formula is C16H22O2. The quantitative estimate of drug-likeness (QED) is 0.889. The Morgan fingerprint density at radius 1 is 1.17 bits per heavy atom. The number of hydrogen-bond donors (Lipinski definition) is 1. The van der Waals surface area contributed by atoms with Crippen LogP contribution in [0.25, 0.3) is 0 Å². The minimum Gasteiger partial charge on any atom is -0.385 e. The summed E-state index contributed by atoms with van der Waals surface area (Å²) in [6.45, 7) is 4.26. The molecule has 0 aliphatic heterocycles. The molecule has 0 amide bonds. The van der Waals surface area contributed by atoms with Gasteiger partial charge in [-0.05, 0) is 42.4 Å². The second-order valence-electron chi connectivity index (χ2n) is 5.27. The van der Waals surface area contributed by atoms with Gasteiger partial charge in [0, 0.05) is 12.8 Å². The van der Waals surface area contributed by atoms with Crippen molar-refractivity contribution in [3.8, 4) is 0 Å². The van der Waals surface area contributed by atoms with Crippen molar-refractivity contribution in [2.45, 2.75) is 58.0 Å². The molecule has 1 fully saturated rings. The summed E-state index contributed by atoms with van der Waals surface area (Å²) >= 11 is 0. The minimum absolute atomic E-state index is 0.280. The summed E-state index contributed by atoms with van der Waals surface area (Å²) < 4.78 is 0. The van der Waals surface area contributed by atoms with E-state index >= 15 is 0 Å². The van der Waals surface area contributed by atoms with Gasteiger partial charge in [0.05, 0.1) is 5.60 Å². The van der Waals surface area contributed by atoms with Crippen LogP contribution in [-0.2, 0) is 23.2 Å². The van der Waals surface area contributed by atoms with Crippen molar-refractivity contribution in [2.75, 3.05) is 0 Å². The summed E-state index contributed by atoms with van der Waals surface area (Å²) in [4.78, 5) is 11.3. The Balaban J connectivity index is 2.34. The monoisotopic (exact) mass is 246 g/mol. The number of ketones is 1. The molecule has 0 aromatic heterocycles. The molecule has 1 aliphatic rings. The van der Waals surface area contributed by atoms with Gasteiger partial charge in [-0.3, -0.25) is 4.79 Å². The zero-order valence-corrected chi connectivity index (χ0v) is 11.3. The van der Waals surface area contributed by atoms with E-state index in [1.807, 2.05) is 0 Å². The summed E-state index contributed by atoms with van der Waals surface area (Å²) in [5, 5.41) is 10.8. The van der Waals surface area contributed by atoms with Gasteiger partial charge in [-0.1, -0.05) is 32.0 Å². The molecule has 2 rings (SSSR count). The number of aryl methyl sites for hydroxylation is 2. The van der Waals surface area contributed by atoms with E-state index < -0.39 is 5.60 Å². The van der Waals surface area contributed by atoms with E-state index in [1.165, 1.54) is 11.1 Å². The van der Waals surface area contributed by atoms with Gasteiger partial charge in [-0.15, -0.1) is 0 Å². The van der Waals surface area contributed by atoms with Gasteiger partial charge in [0.1, 0.15) is 5.78 Å². The van der Waals surface area contributed by atoms with E-state index in [4.69, 9.17) is 0 Å². The summed E-state index contributed by atoms with van der Waals surface area (Å²) in [5.74, 6) is 0.280. The highest BCUT2D eigenvalue weighted by Gasteiger charge is 2.35. The molecule has 1 aromatic carbocycles. The minimum atomic E-state index is -0.786. The third kappa shape index (κ3) is 2.49. The van der Waals surface area contributed by atoms with E-state index in [1.54, 1.807) is 0 Å². The molecule has 1 saturated carbocycles. The Morgan fingerprint density at radius 2 is 1.83 bits per heavy atom. The third-order valence-electron chi connectivity index (χ3n) is 4.09. The number of hydrogen-bond acceptors (Lipinski definition) is 2. The molecule has 0 heterocycles. The smallest absolute Gasteiger partial charge is 0.133 e. The average Bonchev–Trinajstić information content (AvgIpc) is 2.41. The Bertz CT molecular complexity index is 438. The molecule has 2 heteroatoms. The lowest BCUT2D eigenvalue weighted by molar-refractivity contribution is -0.125. The van der Waals surface area contributed by atoms with Gasteiger partial charge in [-0.25, -0.2) is 0 Å². The van der Waals surface area contributed by atoms with Gasteiger partial charge in [-0.2, -0.15) is 0 Å². The summed E-state index contributed by atoms with van der Waals surface area (Å²) in [6, 6.07) is 6.36. The number of carbonyl (C=O) groups excluding carboxylic acids is 1. The molecule has 18 heavy (non-hydrogen) atoms. The van der Waals surface area contributed by atoms with Crippen molar-refractivity contribution >= 4 is 5.78 Å². The standard InChI is InChI=1S/C16H22O2/c1-3-12-5-6-15(13(4-2)11-12)16(18)9-7-14(17)8-10-16/h5-6,11,18H,3-4,7-10H2,1-2H3. The lowest BCUT2D eigenvalue weighted by Gasteiger charge is -2.33. The van der Waals surface area contributed by atoms with Gasteiger partial charge in [0.25, 0.3) is 0 Å². The van der Waals surface area contributed by atoms with Crippen LogP contribution < -0.4 is 0 Å². The third-order valence-corrected chi connectivity index (χ3v) is 4.09. The van der Waals surface area contributed by atoms with Crippen molar-refractivity contribution in [3.05, 3.63) is 34.9 Å². The molecule has 0 atom stereocenters. The first kappa shape index (κ1) is 13.3. The normalized spacial score (nSPS) is 18.9. The fraction of sp³-hybridized carbons (Fsp3) is 0.562. The van der Waals surface area contributed by atoms with Crippen LogP contribution in [0.5, 0.6) is 0 Å². The summed E-state index contributed by atoms with van der Waals surface area (Å²) in [7, 11) is 0. The highest BCUT2D eigenvalue weighted by Crippen LogP contribution is 2.37. The number of benzene rings is 1. The van der Waals surface area contributed by atoms with Crippen molar-refractivity contribution in [3.63, 3.8) is 0 Å². The first-order valence-corrected chi connectivity index (χ1v) is 6.95. The van der Waals surface area contributed by atoms with Crippen molar-refractivity contribution in [1.82, 2.24) is 0 Å². The second kappa shape index (κ2) is 5.23. The number of rotatable bonds is 3. The topological polar surface area (TPSA) is 37.3 Å². The van der Waals surface area contributed by atoms with E-state index in [0.29, 0.717) is 25.7 Å². The molecule has 1 aromatic rings. The molecular weight excluding hydrogens is 224 g/mol. The van der Waals surface area contributed by atoms with E-state index in [2.05, 4.69) is 32.0 Å². The maximum atomic E-state index is 11.3. The van der Waals surface area contributed by atoms with Gasteiger partial charge >= 0.3 is 0 Å². The first-order valence-electron chi connectivity index (χ1n) is 6.95.